The molecule has 150 valence electrons. The Labute approximate surface area is 167 Å². The number of likely N-dealkylation sites (tertiary alicyclic amines) is 1. The molecule has 1 amide bonds. The molecule has 0 atom stereocenters. The molecule has 28 heavy (non-hydrogen) atoms. The zero-order valence-electron chi connectivity index (χ0n) is 17.2. The lowest BCUT2D eigenvalue weighted by Gasteiger charge is -2.26. The molecule has 6 heteroatoms. The number of nitrogens with zero attached hydrogens (tertiary/aromatic N) is 4. The van der Waals surface area contributed by atoms with Gasteiger partial charge in [0.05, 0.1) is 6.54 Å². The van der Waals surface area contributed by atoms with Crippen molar-refractivity contribution in [1.82, 2.24) is 19.7 Å². The molecule has 0 unspecified atom stereocenters. The lowest BCUT2D eigenvalue weighted by atomic mass is 10.1. The summed E-state index contributed by atoms with van der Waals surface area (Å²) in [7, 11) is 5.87. The first-order valence-corrected chi connectivity index (χ1v) is 9.98. The molecular formula is C22H31N5O. The second-order valence-electron chi connectivity index (χ2n) is 7.42. The molecule has 0 saturated carbocycles. The first-order valence-electron chi connectivity index (χ1n) is 9.98. The summed E-state index contributed by atoms with van der Waals surface area (Å²) in [6.45, 7) is 3.21. The van der Waals surface area contributed by atoms with Crippen molar-refractivity contribution in [2.75, 3.05) is 27.2 Å². The van der Waals surface area contributed by atoms with Gasteiger partial charge >= 0.3 is 0 Å². The first kappa shape index (κ1) is 20.0. The normalized spacial score (nSPS) is 14.8. The highest BCUT2D eigenvalue weighted by atomic mass is 16.2. The number of piperidine rings is 1. The van der Waals surface area contributed by atoms with E-state index in [9.17, 15) is 4.79 Å². The standard InChI is InChI=1S/C22H31N5O/c1-23-22(26(3)17-20-8-7-13-25(20)2)24-16-18-9-11-19(12-10-18)21(28)27-14-5-4-6-15-27/h7-13H,4-6,14-17H2,1-3H3,(H,23,24). The first-order chi connectivity index (χ1) is 13.6. The third kappa shape index (κ3) is 4.94. The van der Waals surface area contributed by atoms with Gasteiger partial charge in [-0.2, -0.15) is 0 Å². The second kappa shape index (κ2) is 9.44. The summed E-state index contributed by atoms with van der Waals surface area (Å²) in [5, 5.41) is 3.40. The van der Waals surface area contributed by atoms with Crippen molar-refractivity contribution < 1.29 is 4.79 Å². The van der Waals surface area contributed by atoms with Crippen LogP contribution in [0.25, 0.3) is 0 Å². The van der Waals surface area contributed by atoms with E-state index in [1.807, 2.05) is 55.5 Å². The van der Waals surface area contributed by atoms with Gasteiger partial charge in [0, 0.05) is 58.2 Å². The molecule has 1 N–H and O–H groups in total. The zero-order valence-corrected chi connectivity index (χ0v) is 17.2. The molecule has 1 aromatic carbocycles. The Bertz CT molecular complexity index is 803. The minimum absolute atomic E-state index is 0.150. The number of hydrogen-bond donors (Lipinski definition) is 1. The lowest BCUT2D eigenvalue weighted by Crippen LogP contribution is -2.38. The maximum absolute atomic E-state index is 12.6. The van der Waals surface area contributed by atoms with E-state index in [2.05, 4.69) is 25.8 Å². The second-order valence-corrected chi connectivity index (χ2v) is 7.42. The van der Waals surface area contributed by atoms with E-state index in [4.69, 9.17) is 0 Å². The molecule has 0 spiro atoms. The van der Waals surface area contributed by atoms with Gasteiger partial charge in [0.2, 0.25) is 0 Å². The Morgan fingerprint density at radius 1 is 1.14 bits per heavy atom. The van der Waals surface area contributed by atoms with Crippen LogP contribution in [0.2, 0.25) is 0 Å². The van der Waals surface area contributed by atoms with Crippen molar-refractivity contribution in [2.24, 2.45) is 12.0 Å². The quantitative estimate of drug-likeness (QED) is 0.640. The number of carbonyl (C=O) groups excluding carboxylic acids is 1. The summed E-state index contributed by atoms with van der Waals surface area (Å²) in [4.78, 5) is 21.0. The molecule has 1 fully saturated rings. The minimum Gasteiger partial charge on any atom is -0.353 e. The predicted octanol–water partition coefficient (Wildman–Crippen LogP) is 2.86. The Kier molecular flexibility index (Phi) is 6.74. The van der Waals surface area contributed by atoms with Crippen LogP contribution in [0.15, 0.2) is 47.6 Å². The van der Waals surface area contributed by atoms with Crippen LogP contribution in [0.1, 0.15) is 40.9 Å². The van der Waals surface area contributed by atoms with Crippen LogP contribution in [-0.2, 0) is 20.1 Å². The molecule has 0 aliphatic carbocycles. The van der Waals surface area contributed by atoms with Gasteiger partial charge in [-0.05, 0) is 49.1 Å². The van der Waals surface area contributed by atoms with Crippen LogP contribution in [0.4, 0.5) is 0 Å². The van der Waals surface area contributed by atoms with Gasteiger partial charge in [-0.25, -0.2) is 0 Å². The average molecular weight is 382 g/mol. The molecule has 0 bridgehead atoms. The highest BCUT2D eigenvalue weighted by Gasteiger charge is 2.17. The van der Waals surface area contributed by atoms with Crippen LogP contribution in [0, 0.1) is 0 Å². The van der Waals surface area contributed by atoms with E-state index in [-0.39, 0.29) is 5.91 Å². The van der Waals surface area contributed by atoms with Crippen LogP contribution in [0.5, 0.6) is 0 Å². The number of aliphatic imine (C=N–C) groups is 1. The van der Waals surface area contributed by atoms with Gasteiger partial charge in [-0.1, -0.05) is 12.1 Å². The van der Waals surface area contributed by atoms with E-state index < -0.39 is 0 Å². The summed E-state index contributed by atoms with van der Waals surface area (Å²) in [5.41, 5.74) is 3.13. The third-order valence-corrected chi connectivity index (χ3v) is 5.32. The number of guanidine groups is 1. The molecule has 1 saturated heterocycles. The SMILES string of the molecule is CN=C(NCc1ccc(C(=O)N2CCCCC2)cc1)N(C)Cc1cccn1C. The third-order valence-electron chi connectivity index (χ3n) is 5.32. The number of hydrogen-bond acceptors (Lipinski definition) is 2. The number of aromatic nitrogens is 1. The van der Waals surface area contributed by atoms with E-state index in [1.165, 1.54) is 12.1 Å². The molecule has 1 aromatic heterocycles. The number of rotatable bonds is 5. The molecular weight excluding hydrogens is 350 g/mol. The van der Waals surface area contributed by atoms with Crippen LogP contribution < -0.4 is 5.32 Å². The molecule has 1 aliphatic heterocycles. The number of benzene rings is 1. The van der Waals surface area contributed by atoms with Gasteiger partial charge in [0.15, 0.2) is 5.96 Å². The monoisotopic (exact) mass is 381 g/mol. The van der Waals surface area contributed by atoms with Crippen molar-refractivity contribution >= 4 is 11.9 Å². The highest BCUT2D eigenvalue weighted by molar-refractivity contribution is 5.94. The Balaban J connectivity index is 1.54. The van der Waals surface area contributed by atoms with Crippen molar-refractivity contribution in [2.45, 2.75) is 32.4 Å². The Hall–Kier alpha value is -2.76. The molecule has 3 rings (SSSR count). The number of amides is 1. The fourth-order valence-electron chi connectivity index (χ4n) is 3.59. The van der Waals surface area contributed by atoms with Gasteiger partial charge in [-0.15, -0.1) is 0 Å². The predicted molar refractivity (Wildman–Crippen MR) is 113 cm³/mol. The van der Waals surface area contributed by atoms with Crippen LogP contribution in [-0.4, -0.2) is 53.4 Å². The molecule has 2 heterocycles. The number of carbonyl (C=O) groups is 1. The summed E-state index contributed by atoms with van der Waals surface area (Å²) in [6.07, 6.45) is 5.51. The van der Waals surface area contributed by atoms with Crippen LogP contribution in [0.3, 0.4) is 0 Å². The molecule has 1 aliphatic rings. The van der Waals surface area contributed by atoms with Crippen molar-refractivity contribution in [3.8, 4) is 0 Å². The maximum Gasteiger partial charge on any atom is 0.253 e. The zero-order chi connectivity index (χ0) is 19.9. The van der Waals surface area contributed by atoms with Crippen molar-refractivity contribution in [3.05, 3.63) is 59.4 Å². The Morgan fingerprint density at radius 2 is 1.86 bits per heavy atom. The van der Waals surface area contributed by atoms with Crippen molar-refractivity contribution in [3.63, 3.8) is 0 Å². The summed E-state index contributed by atoms with van der Waals surface area (Å²) in [5.74, 6) is 0.993. The van der Waals surface area contributed by atoms with E-state index in [0.717, 1.165) is 49.6 Å². The summed E-state index contributed by atoms with van der Waals surface area (Å²) < 4.78 is 2.11. The van der Waals surface area contributed by atoms with Gasteiger partial charge in [-0.3, -0.25) is 9.79 Å². The topological polar surface area (TPSA) is 52.9 Å². The summed E-state index contributed by atoms with van der Waals surface area (Å²) >= 11 is 0. The number of aryl methyl sites for hydroxylation is 1. The largest absolute Gasteiger partial charge is 0.353 e. The number of nitrogens with one attached hydrogen (secondary N) is 1. The highest BCUT2D eigenvalue weighted by Crippen LogP contribution is 2.14. The van der Waals surface area contributed by atoms with Gasteiger partial charge < -0.3 is 19.7 Å². The maximum atomic E-state index is 12.6. The fraction of sp³-hybridized carbons (Fsp3) is 0.455. The van der Waals surface area contributed by atoms with Gasteiger partial charge in [0.25, 0.3) is 5.91 Å². The summed E-state index contributed by atoms with van der Waals surface area (Å²) in [6, 6.07) is 12.1. The average Bonchev–Trinajstić information content (AvgIpc) is 3.13. The fourth-order valence-corrected chi connectivity index (χ4v) is 3.59. The van der Waals surface area contributed by atoms with E-state index in [0.29, 0.717) is 6.54 Å². The van der Waals surface area contributed by atoms with Crippen molar-refractivity contribution in [1.29, 1.82) is 0 Å². The molecule has 6 nitrogen and oxygen atoms in total. The van der Waals surface area contributed by atoms with Gasteiger partial charge in [0.1, 0.15) is 0 Å². The van der Waals surface area contributed by atoms with E-state index >= 15 is 0 Å². The lowest BCUT2D eigenvalue weighted by molar-refractivity contribution is 0.0724. The minimum atomic E-state index is 0.150. The smallest absolute Gasteiger partial charge is 0.253 e. The molecule has 2 aromatic rings. The van der Waals surface area contributed by atoms with E-state index in [1.54, 1.807) is 7.05 Å². The Morgan fingerprint density at radius 3 is 2.46 bits per heavy atom. The van der Waals surface area contributed by atoms with Crippen LogP contribution >= 0.6 is 0 Å². The molecule has 0 radical (unpaired) electrons.